The predicted molar refractivity (Wildman–Crippen MR) is 121 cm³/mol. The van der Waals surface area contributed by atoms with Crippen LogP contribution in [0.5, 0.6) is 0 Å². The van der Waals surface area contributed by atoms with Crippen LogP contribution in [0, 0.1) is 5.82 Å². The van der Waals surface area contributed by atoms with Gasteiger partial charge in [0.2, 0.25) is 11.8 Å². The number of rotatable bonds is 10. The first-order valence-corrected chi connectivity index (χ1v) is 11.1. The van der Waals surface area contributed by atoms with Crippen LogP contribution in [0.4, 0.5) is 4.39 Å². The fourth-order valence-electron chi connectivity index (χ4n) is 3.97. The summed E-state index contributed by atoms with van der Waals surface area (Å²) in [4.78, 5) is 53.5. The van der Waals surface area contributed by atoms with E-state index >= 15 is 0 Å². The Kier molecular flexibility index (Phi) is 7.92. The Morgan fingerprint density at radius 3 is 2.15 bits per heavy atom. The van der Waals surface area contributed by atoms with Crippen LogP contribution < -0.4 is 5.32 Å². The monoisotopic (exact) mass is 453 g/mol. The van der Waals surface area contributed by atoms with Gasteiger partial charge in [-0.3, -0.25) is 24.1 Å². The van der Waals surface area contributed by atoms with Crippen molar-refractivity contribution in [3.63, 3.8) is 0 Å². The molecular weight excluding hydrogens is 425 g/mol. The Labute approximate surface area is 192 Å². The minimum atomic E-state index is -0.679. The molecule has 0 spiro atoms. The molecule has 1 aliphatic rings. The maximum absolute atomic E-state index is 13.3. The zero-order chi connectivity index (χ0) is 24.0. The third-order valence-electron chi connectivity index (χ3n) is 5.65. The molecule has 174 valence electrons. The quantitative estimate of drug-likeness (QED) is 0.560. The van der Waals surface area contributed by atoms with Gasteiger partial charge in [0.25, 0.3) is 11.8 Å². The van der Waals surface area contributed by atoms with E-state index in [1.807, 2.05) is 6.92 Å². The summed E-state index contributed by atoms with van der Waals surface area (Å²) >= 11 is 0. The fourth-order valence-corrected chi connectivity index (χ4v) is 3.97. The minimum absolute atomic E-state index is 0.0600. The highest BCUT2D eigenvalue weighted by molar-refractivity contribution is 6.21. The van der Waals surface area contributed by atoms with E-state index in [-0.39, 0.29) is 55.4 Å². The summed E-state index contributed by atoms with van der Waals surface area (Å²) in [6.07, 6.45) is 0.748. The van der Waals surface area contributed by atoms with E-state index < -0.39 is 6.04 Å². The standard InChI is InChI=1S/C25H28FN3O4/c1-3-21(23(31)27-4-2)29(16-17-11-13-18(26)14-12-17)22(30)10-7-15-28-24(32)19-8-5-6-9-20(19)25(28)33/h5-6,8-9,11-14,21H,3-4,7,10,15-16H2,1-2H3,(H,27,31)/t21-/m0/s1. The molecule has 0 saturated heterocycles. The number of nitrogens with one attached hydrogen (secondary N) is 1. The fraction of sp³-hybridized carbons (Fsp3) is 0.360. The zero-order valence-corrected chi connectivity index (χ0v) is 18.8. The van der Waals surface area contributed by atoms with Gasteiger partial charge in [-0.05, 0) is 49.6 Å². The Morgan fingerprint density at radius 2 is 1.61 bits per heavy atom. The summed E-state index contributed by atoms with van der Waals surface area (Å²) in [6, 6.07) is 11.7. The number of hydrogen-bond donors (Lipinski definition) is 1. The van der Waals surface area contributed by atoms with Crippen molar-refractivity contribution in [2.45, 2.75) is 45.7 Å². The molecule has 1 atom stereocenters. The molecular formula is C25H28FN3O4. The van der Waals surface area contributed by atoms with Crippen molar-refractivity contribution in [2.75, 3.05) is 13.1 Å². The molecule has 0 unspecified atom stereocenters. The molecule has 1 N–H and O–H groups in total. The molecule has 3 rings (SSSR count). The van der Waals surface area contributed by atoms with Crippen LogP contribution in [-0.2, 0) is 16.1 Å². The van der Waals surface area contributed by atoms with E-state index in [1.165, 1.54) is 17.0 Å². The Balaban J connectivity index is 1.69. The number of halogens is 1. The molecule has 1 heterocycles. The summed E-state index contributed by atoms with van der Waals surface area (Å²) < 4.78 is 13.3. The van der Waals surface area contributed by atoms with Gasteiger partial charge in [0.1, 0.15) is 11.9 Å². The van der Waals surface area contributed by atoms with Gasteiger partial charge in [-0.15, -0.1) is 0 Å². The van der Waals surface area contributed by atoms with Crippen molar-refractivity contribution >= 4 is 23.6 Å². The van der Waals surface area contributed by atoms with Crippen LogP contribution in [0.15, 0.2) is 48.5 Å². The molecule has 7 nitrogen and oxygen atoms in total. The highest BCUT2D eigenvalue weighted by Crippen LogP contribution is 2.23. The number of carbonyl (C=O) groups is 4. The lowest BCUT2D eigenvalue weighted by Gasteiger charge is -2.30. The minimum Gasteiger partial charge on any atom is -0.355 e. The lowest BCUT2D eigenvalue weighted by atomic mass is 10.1. The van der Waals surface area contributed by atoms with Gasteiger partial charge in [0, 0.05) is 26.1 Å². The second-order valence-corrected chi connectivity index (χ2v) is 7.88. The number of amides is 4. The molecule has 2 aromatic carbocycles. The molecule has 0 fully saturated rings. The molecule has 33 heavy (non-hydrogen) atoms. The number of nitrogens with zero attached hydrogens (tertiary/aromatic N) is 2. The molecule has 0 aliphatic carbocycles. The number of carbonyl (C=O) groups excluding carboxylic acids is 4. The van der Waals surface area contributed by atoms with Gasteiger partial charge in [-0.2, -0.15) is 0 Å². The maximum atomic E-state index is 13.3. The van der Waals surface area contributed by atoms with Crippen LogP contribution in [0.3, 0.4) is 0 Å². The molecule has 0 radical (unpaired) electrons. The number of likely N-dealkylation sites (N-methyl/N-ethyl adjacent to an activating group) is 1. The van der Waals surface area contributed by atoms with Gasteiger partial charge in [-0.25, -0.2) is 4.39 Å². The summed E-state index contributed by atoms with van der Waals surface area (Å²) in [5, 5.41) is 2.76. The van der Waals surface area contributed by atoms with E-state index in [0.29, 0.717) is 29.7 Å². The summed E-state index contributed by atoms with van der Waals surface area (Å²) in [7, 11) is 0. The SMILES string of the molecule is CCNC(=O)[C@H](CC)N(Cc1ccc(F)cc1)C(=O)CCCN1C(=O)c2ccccc2C1=O. The van der Waals surface area contributed by atoms with Gasteiger partial charge in [-0.1, -0.05) is 31.2 Å². The molecule has 8 heteroatoms. The maximum Gasteiger partial charge on any atom is 0.261 e. The van der Waals surface area contributed by atoms with E-state index in [1.54, 1.807) is 43.3 Å². The number of imide groups is 1. The van der Waals surface area contributed by atoms with Gasteiger partial charge in [0.15, 0.2) is 0 Å². The second-order valence-electron chi connectivity index (χ2n) is 7.88. The van der Waals surface area contributed by atoms with Gasteiger partial charge < -0.3 is 10.2 Å². The van der Waals surface area contributed by atoms with Crippen molar-refractivity contribution in [3.05, 3.63) is 71.0 Å². The third kappa shape index (κ3) is 5.45. The zero-order valence-electron chi connectivity index (χ0n) is 18.8. The third-order valence-corrected chi connectivity index (χ3v) is 5.65. The van der Waals surface area contributed by atoms with E-state index in [0.717, 1.165) is 4.90 Å². The van der Waals surface area contributed by atoms with E-state index in [4.69, 9.17) is 0 Å². The average Bonchev–Trinajstić information content (AvgIpc) is 3.05. The molecule has 1 aliphatic heterocycles. The van der Waals surface area contributed by atoms with Crippen LogP contribution >= 0.6 is 0 Å². The van der Waals surface area contributed by atoms with Crippen molar-refractivity contribution in [1.29, 1.82) is 0 Å². The average molecular weight is 454 g/mol. The van der Waals surface area contributed by atoms with Crippen LogP contribution in [0.25, 0.3) is 0 Å². The lowest BCUT2D eigenvalue weighted by Crippen LogP contribution is -2.49. The highest BCUT2D eigenvalue weighted by atomic mass is 19.1. The van der Waals surface area contributed by atoms with E-state index in [9.17, 15) is 23.6 Å². The Bertz CT molecular complexity index is 1000. The van der Waals surface area contributed by atoms with Crippen LogP contribution in [0.1, 0.15) is 59.4 Å². The van der Waals surface area contributed by atoms with Crippen LogP contribution in [-0.4, -0.2) is 52.6 Å². The summed E-state index contributed by atoms with van der Waals surface area (Å²) in [6.45, 7) is 4.33. The first kappa shape index (κ1) is 24.1. The van der Waals surface area contributed by atoms with Crippen LogP contribution in [0.2, 0.25) is 0 Å². The smallest absolute Gasteiger partial charge is 0.261 e. The molecule has 0 aromatic heterocycles. The van der Waals surface area contributed by atoms with Crippen molar-refractivity contribution in [3.8, 4) is 0 Å². The normalized spacial score (nSPS) is 13.6. The summed E-state index contributed by atoms with van der Waals surface area (Å²) in [5.74, 6) is -1.63. The first-order chi connectivity index (χ1) is 15.9. The molecule has 0 saturated carbocycles. The second kappa shape index (κ2) is 10.8. The largest absolute Gasteiger partial charge is 0.355 e. The topological polar surface area (TPSA) is 86.8 Å². The predicted octanol–water partition coefficient (Wildman–Crippen LogP) is 3.15. The van der Waals surface area contributed by atoms with Crippen molar-refractivity contribution < 1.29 is 23.6 Å². The Morgan fingerprint density at radius 1 is 1.00 bits per heavy atom. The summed E-state index contributed by atoms with van der Waals surface area (Å²) in [5.41, 5.74) is 1.44. The number of benzene rings is 2. The van der Waals surface area contributed by atoms with Crippen molar-refractivity contribution in [2.24, 2.45) is 0 Å². The molecule has 4 amide bonds. The van der Waals surface area contributed by atoms with E-state index in [2.05, 4.69) is 5.32 Å². The highest BCUT2D eigenvalue weighted by Gasteiger charge is 2.35. The van der Waals surface area contributed by atoms with Gasteiger partial charge >= 0.3 is 0 Å². The molecule has 0 bridgehead atoms. The first-order valence-electron chi connectivity index (χ1n) is 11.1. The van der Waals surface area contributed by atoms with Gasteiger partial charge in [0.05, 0.1) is 11.1 Å². The number of fused-ring (bicyclic) bond motifs is 1. The Hall–Kier alpha value is -3.55. The molecule has 2 aromatic rings. The lowest BCUT2D eigenvalue weighted by molar-refractivity contribution is -0.141. The van der Waals surface area contributed by atoms with Crippen molar-refractivity contribution in [1.82, 2.24) is 15.1 Å². The number of hydrogen-bond acceptors (Lipinski definition) is 4.